The summed E-state index contributed by atoms with van der Waals surface area (Å²) in [5.74, 6) is -1.52. The normalized spacial score (nSPS) is 11.9. The van der Waals surface area contributed by atoms with E-state index in [-0.39, 0.29) is 13.0 Å². The maximum absolute atomic E-state index is 11.4. The lowest BCUT2D eigenvalue weighted by Crippen LogP contribution is -2.43. The lowest BCUT2D eigenvalue weighted by atomic mass is 10.1. The molecule has 0 saturated heterocycles. The predicted molar refractivity (Wildman–Crippen MR) is 71.2 cm³/mol. The number of carboxylic acid groups (broad SMARTS) is 1. The number of rotatable bonds is 7. The zero-order chi connectivity index (χ0) is 14.3. The SMILES string of the molecule is CCOCC(=O)N[C@@H](Cc1ccc(Cl)cc1)C(=O)O. The van der Waals surface area contributed by atoms with Crippen LogP contribution in [0.2, 0.25) is 5.02 Å². The minimum absolute atomic E-state index is 0.138. The molecule has 0 fully saturated rings. The van der Waals surface area contributed by atoms with E-state index in [2.05, 4.69) is 5.32 Å². The molecule has 0 aliphatic rings. The second-order valence-corrected chi connectivity index (χ2v) is 4.36. The molecule has 1 aromatic carbocycles. The first-order valence-corrected chi connectivity index (χ1v) is 6.25. The van der Waals surface area contributed by atoms with Crippen molar-refractivity contribution in [3.05, 3.63) is 34.9 Å². The van der Waals surface area contributed by atoms with E-state index in [1.165, 1.54) is 0 Å². The first-order chi connectivity index (χ1) is 9.02. The molecule has 0 radical (unpaired) electrons. The van der Waals surface area contributed by atoms with Crippen molar-refractivity contribution < 1.29 is 19.4 Å². The molecule has 0 spiro atoms. The highest BCUT2D eigenvalue weighted by atomic mass is 35.5. The summed E-state index contributed by atoms with van der Waals surface area (Å²) in [6.07, 6.45) is 0.199. The summed E-state index contributed by atoms with van der Waals surface area (Å²) in [5.41, 5.74) is 0.786. The summed E-state index contributed by atoms with van der Waals surface area (Å²) < 4.78 is 4.92. The molecule has 19 heavy (non-hydrogen) atoms. The third-order valence-corrected chi connectivity index (χ3v) is 2.68. The van der Waals surface area contributed by atoms with E-state index < -0.39 is 17.9 Å². The van der Waals surface area contributed by atoms with Gasteiger partial charge in [-0.2, -0.15) is 0 Å². The fraction of sp³-hybridized carbons (Fsp3) is 0.385. The van der Waals surface area contributed by atoms with Gasteiger partial charge >= 0.3 is 5.97 Å². The Morgan fingerprint density at radius 3 is 2.53 bits per heavy atom. The maximum atomic E-state index is 11.4. The van der Waals surface area contributed by atoms with E-state index in [0.717, 1.165) is 5.56 Å². The number of hydrogen-bond donors (Lipinski definition) is 2. The van der Waals surface area contributed by atoms with Crippen LogP contribution in [-0.4, -0.2) is 36.2 Å². The van der Waals surface area contributed by atoms with E-state index in [4.69, 9.17) is 21.4 Å². The van der Waals surface area contributed by atoms with Crippen molar-refractivity contribution in [3.8, 4) is 0 Å². The minimum atomic E-state index is -1.08. The van der Waals surface area contributed by atoms with Gasteiger partial charge < -0.3 is 15.2 Å². The lowest BCUT2D eigenvalue weighted by Gasteiger charge is -2.14. The van der Waals surface area contributed by atoms with Gasteiger partial charge in [0.1, 0.15) is 12.6 Å². The molecule has 5 nitrogen and oxygen atoms in total. The Kier molecular flexibility index (Phi) is 6.32. The monoisotopic (exact) mass is 285 g/mol. The van der Waals surface area contributed by atoms with E-state index in [1.54, 1.807) is 31.2 Å². The molecule has 6 heteroatoms. The summed E-state index contributed by atoms with van der Waals surface area (Å²) >= 11 is 5.75. The van der Waals surface area contributed by atoms with Crippen molar-refractivity contribution in [1.82, 2.24) is 5.32 Å². The van der Waals surface area contributed by atoms with Gasteiger partial charge in [0.25, 0.3) is 0 Å². The van der Waals surface area contributed by atoms with Crippen LogP contribution >= 0.6 is 11.6 Å². The Hall–Kier alpha value is -1.59. The Morgan fingerprint density at radius 2 is 2.00 bits per heavy atom. The van der Waals surface area contributed by atoms with Crippen molar-refractivity contribution in [2.24, 2.45) is 0 Å². The summed E-state index contributed by atoms with van der Waals surface area (Å²) in [6, 6.07) is 5.84. The third kappa shape index (κ3) is 5.72. The molecule has 0 aliphatic heterocycles. The van der Waals surface area contributed by atoms with Gasteiger partial charge in [-0.25, -0.2) is 4.79 Å². The smallest absolute Gasteiger partial charge is 0.326 e. The maximum Gasteiger partial charge on any atom is 0.326 e. The summed E-state index contributed by atoms with van der Waals surface area (Å²) in [5, 5.41) is 12.1. The summed E-state index contributed by atoms with van der Waals surface area (Å²) in [4.78, 5) is 22.5. The van der Waals surface area contributed by atoms with Crippen molar-refractivity contribution in [3.63, 3.8) is 0 Å². The van der Waals surface area contributed by atoms with Gasteiger partial charge in [-0.05, 0) is 24.6 Å². The topological polar surface area (TPSA) is 75.6 Å². The number of carbonyl (C=O) groups is 2. The number of halogens is 1. The van der Waals surface area contributed by atoms with Crippen LogP contribution in [0.25, 0.3) is 0 Å². The average molecular weight is 286 g/mol. The number of ether oxygens (including phenoxy) is 1. The van der Waals surface area contributed by atoms with Gasteiger partial charge in [-0.15, -0.1) is 0 Å². The van der Waals surface area contributed by atoms with Crippen LogP contribution < -0.4 is 5.32 Å². The number of nitrogens with one attached hydrogen (secondary N) is 1. The van der Waals surface area contributed by atoms with Gasteiger partial charge in [0.2, 0.25) is 5.91 Å². The third-order valence-electron chi connectivity index (χ3n) is 2.42. The molecule has 104 valence electrons. The van der Waals surface area contributed by atoms with E-state index >= 15 is 0 Å². The van der Waals surface area contributed by atoms with Crippen LogP contribution in [0.5, 0.6) is 0 Å². The molecule has 1 atom stereocenters. The number of carboxylic acids is 1. The van der Waals surface area contributed by atoms with Gasteiger partial charge in [0, 0.05) is 18.1 Å². The van der Waals surface area contributed by atoms with Crippen molar-refractivity contribution >= 4 is 23.5 Å². The van der Waals surface area contributed by atoms with E-state index in [0.29, 0.717) is 11.6 Å². The van der Waals surface area contributed by atoms with Crippen LogP contribution in [0.3, 0.4) is 0 Å². The molecule has 0 heterocycles. The molecule has 0 aliphatic carbocycles. The van der Waals surface area contributed by atoms with Crippen LogP contribution in [0.4, 0.5) is 0 Å². The molecule has 0 bridgehead atoms. The van der Waals surface area contributed by atoms with E-state index in [1.807, 2.05) is 0 Å². The number of amides is 1. The molecule has 1 rings (SSSR count). The van der Waals surface area contributed by atoms with Crippen molar-refractivity contribution in [2.75, 3.05) is 13.2 Å². The largest absolute Gasteiger partial charge is 0.480 e. The highest BCUT2D eigenvalue weighted by molar-refractivity contribution is 6.30. The fourth-order valence-electron chi connectivity index (χ4n) is 1.49. The second kappa shape index (κ2) is 7.76. The Balaban J connectivity index is 2.60. The molecule has 1 amide bonds. The van der Waals surface area contributed by atoms with Gasteiger partial charge in [0.05, 0.1) is 0 Å². The minimum Gasteiger partial charge on any atom is -0.480 e. The number of carbonyl (C=O) groups excluding carboxylic acids is 1. The molecular formula is C13H16ClNO4. The summed E-state index contributed by atoms with van der Waals surface area (Å²) in [6.45, 7) is 2.03. The quantitative estimate of drug-likeness (QED) is 0.796. The van der Waals surface area contributed by atoms with E-state index in [9.17, 15) is 9.59 Å². The molecule has 0 aromatic heterocycles. The number of hydrogen-bond acceptors (Lipinski definition) is 3. The molecule has 0 unspecified atom stereocenters. The first kappa shape index (κ1) is 15.5. The highest BCUT2D eigenvalue weighted by Gasteiger charge is 2.20. The molecular weight excluding hydrogens is 270 g/mol. The Bertz CT molecular complexity index is 433. The average Bonchev–Trinajstić information content (AvgIpc) is 2.38. The number of aliphatic carboxylic acids is 1. The van der Waals surface area contributed by atoms with Crippen molar-refractivity contribution in [2.45, 2.75) is 19.4 Å². The molecule has 2 N–H and O–H groups in total. The van der Waals surface area contributed by atoms with Crippen LogP contribution in [-0.2, 0) is 20.7 Å². The van der Waals surface area contributed by atoms with Gasteiger partial charge in [-0.3, -0.25) is 4.79 Å². The Morgan fingerprint density at radius 1 is 1.37 bits per heavy atom. The molecule has 1 aromatic rings. The van der Waals surface area contributed by atoms with Crippen LogP contribution in [0.1, 0.15) is 12.5 Å². The Labute approximate surface area is 116 Å². The van der Waals surface area contributed by atoms with Crippen molar-refractivity contribution in [1.29, 1.82) is 0 Å². The first-order valence-electron chi connectivity index (χ1n) is 5.87. The lowest BCUT2D eigenvalue weighted by molar-refractivity contribution is -0.142. The zero-order valence-corrected chi connectivity index (χ0v) is 11.3. The van der Waals surface area contributed by atoms with Gasteiger partial charge in [0.15, 0.2) is 0 Å². The predicted octanol–water partition coefficient (Wildman–Crippen LogP) is 1.49. The number of benzene rings is 1. The highest BCUT2D eigenvalue weighted by Crippen LogP contribution is 2.11. The van der Waals surface area contributed by atoms with Gasteiger partial charge in [-0.1, -0.05) is 23.7 Å². The summed E-state index contributed by atoms with van der Waals surface area (Å²) in [7, 11) is 0. The molecule has 0 saturated carbocycles. The van der Waals surface area contributed by atoms with Crippen LogP contribution in [0, 0.1) is 0 Å². The second-order valence-electron chi connectivity index (χ2n) is 3.93. The fourth-order valence-corrected chi connectivity index (χ4v) is 1.61. The standard InChI is InChI=1S/C13H16ClNO4/c1-2-19-8-12(16)15-11(13(17)18)7-9-3-5-10(14)6-4-9/h3-6,11H,2,7-8H2,1H3,(H,15,16)(H,17,18)/t11-/m0/s1. The zero-order valence-electron chi connectivity index (χ0n) is 10.6. The van der Waals surface area contributed by atoms with Crippen LogP contribution in [0.15, 0.2) is 24.3 Å².